The lowest BCUT2D eigenvalue weighted by Crippen LogP contribution is -2.43. The lowest BCUT2D eigenvalue weighted by atomic mass is 10.0. The maximum atomic E-state index is 4.67. The molecular formula is C19H25N3. The van der Waals surface area contributed by atoms with Crippen LogP contribution in [0.15, 0.2) is 36.5 Å². The van der Waals surface area contributed by atoms with E-state index in [2.05, 4.69) is 66.0 Å². The zero-order valence-corrected chi connectivity index (χ0v) is 13.8. The van der Waals surface area contributed by atoms with E-state index in [1.54, 1.807) is 0 Å². The minimum Gasteiger partial charge on any atom is -0.304 e. The number of hydrogen-bond donors (Lipinski definition) is 0. The molecule has 0 radical (unpaired) electrons. The van der Waals surface area contributed by atoms with Crippen LogP contribution in [0, 0.1) is 13.8 Å². The van der Waals surface area contributed by atoms with Crippen molar-refractivity contribution < 1.29 is 0 Å². The number of aryl methyl sites for hydroxylation is 2. The zero-order valence-electron chi connectivity index (χ0n) is 13.8. The van der Waals surface area contributed by atoms with Crippen LogP contribution in [0.2, 0.25) is 0 Å². The molecule has 0 spiro atoms. The molecule has 0 N–H and O–H groups in total. The van der Waals surface area contributed by atoms with E-state index in [1.165, 1.54) is 22.3 Å². The van der Waals surface area contributed by atoms with E-state index < -0.39 is 0 Å². The number of rotatable bonds is 3. The van der Waals surface area contributed by atoms with Crippen molar-refractivity contribution in [2.75, 3.05) is 33.2 Å². The van der Waals surface area contributed by atoms with Gasteiger partial charge in [-0.1, -0.05) is 24.3 Å². The summed E-state index contributed by atoms with van der Waals surface area (Å²) in [6.45, 7) is 9.85. The number of hydrogen-bond acceptors (Lipinski definition) is 3. The van der Waals surface area contributed by atoms with Crippen LogP contribution in [-0.4, -0.2) is 48.0 Å². The van der Waals surface area contributed by atoms with Crippen molar-refractivity contribution in [3.63, 3.8) is 0 Å². The van der Waals surface area contributed by atoms with Crippen molar-refractivity contribution in [3.8, 4) is 11.1 Å². The van der Waals surface area contributed by atoms with Gasteiger partial charge in [0.15, 0.2) is 0 Å². The number of nitrogens with zero attached hydrogens (tertiary/aromatic N) is 3. The molecule has 0 aliphatic carbocycles. The lowest BCUT2D eigenvalue weighted by molar-refractivity contribution is 0.147. The molecule has 0 unspecified atom stereocenters. The highest BCUT2D eigenvalue weighted by Crippen LogP contribution is 2.21. The molecule has 3 heteroatoms. The molecule has 2 aromatic rings. The quantitative estimate of drug-likeness (QED) is 0.867. The van der Waals surface area contributed by atoms with Crippen LogP contribution in [0.4, 0.5) is 0 Å². The first-order chi connectivity index (χ1) is 10.6. The van der Waals surface area contributed by atoms with Crippen LogP contribution >= 0.6 is 0 Å². The summed E-state index contributed by atoms with van der Waals surface area (Å²) < 4.78 is 0. The summed E-state index contributed by atoms with van der Waals surface area (Å²) in [7, 11) is 2.19. The maximum Gasteiger partial charge on any atom is 0.0544 e. The first-order valence-corrected chi connectivity index (χ1v) is 8.05. The van der Waals surface area contributed by atoms with Gasteiger partial charge in [0.2, 0.25) is 0 Å². The minimum atomic E-state index is 0.959. The fourth-order valence-corrected chi connectivity index (χ4v) is 2.84. The topological polar surface area (TPSA) is 19.4 Å². The summed E-state index contributed by atoms with van der Waals surface area (Å²) in [6.07, 6.45) is 2.01. The van der Waals surface area contributed by atoms with E-state index in [0.29, 0.717) is 0 Å². The smallest absolute Gasteiger partial charge is 0.0544 e. The number of aromatic nitrogens is 1. The molecule has 0 amide bonds. The second kappa shape index (κ2) is 6.59. The first kappa shape index (κ1) is 15.2. The second-order valence-electron chi connectivity index (χ2n) is 6.42. The van der Waals surface area contributed by atoms with Gasteiger partial charge >= 0.3 is 0 Å². The van der Waals surface area contributed by atoms with Gasteiger partial charge in [-0.05, 0) is 43.7 Å². The van der Waals surface area contributed by atoms with Crippen molar-refractivity contribution in [2.45, 2.75) is 20.4 Å². The molecule has 1 saturated heterocycles. The Bertz CT molecular complexity index is 626. The normalized spacial score (nSPS) is 16.9. The third kappa shape index (κ3) is 3.54. The summed E-state index contributed by atoms with van der Waals surface area (Å²) >= 11 is 0. The van der Waals surface area contributed by atoms with Gasteiger partial charge < -0.3 is 4.90 Å². The Morgan fingerprint density at radius 1 is 0.909 bits per heavy atom. The Kier molecular flexibility index (Phi) is 4.55. The number of pyridine rings is 1. The van der Waals surface area contributed by atoms with Crippen LogP contribution in [-0.2, 0) is 6.54 Å². The molecular weight excluding hydrogens is 270 g/mol. The average molecular weight is 295 g/mol. The molecule has 2 heterocycles. The highest BCUT2D eigenvalue weighted by atomic mass is 15.2. The molecule has 1 aromatic heterocycles. The van der Waals surface area contributed by atoms with E-state index in [-0.39, 0.29) is 0 Å². The summed E-state index contributed by atoms with van der Waals surface area (Å²) in [5, 5.41) is 0. The standard InChI is InChI=1S/C19H25N3/c1-15-4-5-17(12-16(15)2)18-6-7-19(20-13-18)14-22-10-8-21(3)9-11-22/h4-7,12-13H,8-11,14H2,1-3H3. The van der Waals surface area contributed by atoms with Gasteiger partial charge in [0.25, 0.3) is 0 Å². The fraction of sp³-hybridized carbons (Fsp3) is 0.421. The van der Waals surface area contributed by atoms with Gasteiger partial charge in [-0.25, -0.2) is 0 Å². The van der Waals surface area contributed by atoms with Gasteiger partial charge in [-0.2, -0.15) is 0 Å². The Hall–Kier alpha value is -1.71. The number of piperazine rings is 1. The summed E-state index contributed by atoms with van der Waals surface area (Å²) in [5.74, 6) is 0. The van der Waals surface area contributed by atoms with Gasteiger partial charge in [-0.3, -0.25) is 9.88 Å². The Morgan fingerprint density at radius 3 is 2.27 bits per heavy atom. The predicted molar refractivity (Wildman–Crippen MR) is 91.9 cm³/mol. The minimum absolute atomic E-state index is 0.959. The molecule has 3 rings (SSSR count). The van der Waals surface area contributed by atoms with Crippen molar-refractivity contribution in [1.82, 2.24) is 14.8 Å². The van der Waals surface area contributed by atoms with E-state index in [1.807, 2.05) is 6.20 Å². The maximum absolute atomic E-state index is 4.67. The van der Waals surface area contributed by atoms with Crippen molar-refractivity contribution in [1.29, 1.82) is 0 Å². The largest absolute Gasteiger partial charge is 0.304 e. The third-order valence-corrected chi connectivity index (χ3v) is 4.65. The van der Waals surface area contributed by atoms with Gasteiger partial charge in [0, 0.05) is 44.5 Å². The van der Waals surface area contributed by atoms with Crippen LogP contribution in [0.25, 0.3) is 11.1 Å². The van der Waals surface area contributed by atoms with Gasteiger partial charge in [0.1, 0.15) is 0 Å². The van der Waals surface area contributed by atoms with E-state index in [9.17, 15) is 0 Å². The molecule has 1 fully saturated rings. The van der Waals surface area contributed by atoms with E-state index in [4.69, 9.17) is 0 Å². The monoisotopic (exact) mass is 295 g/mol. The molecule has 0 saturated carbocycles. The lowest BCUT2D eigenvalue weighted by Gasteiger charge is -2.32. The molecule has 116 valence electrons. The zero-order chi connectivity index (χ0) is 15.5. The Balaban J connectivity index is 1.68. The van der Waals surface area contributed by atoms with Gasteiger partial charge in [0.05, 0.1) is 5.69 Å². The molecule has 0 atom stereocenters. The highest BCUT2D eigenvalue weighted by Gasteiger charge is 2.14. The first-order valence-electron chi connectivity index (χ1n) is 8.05. The highest BCUT2D eigenvalue weighted by molar-refractivity contribution is 5.63. The summed E-state index contributed by atoms with van der Waals surface area (Å²) in [5.41, 5.74) is 6.28. The number of benzene rings is 1. The third-order valence-electron chi connectivity index (χ3n) is 4.65. The van der Waals surface area contributed by atoms with Crippen LogP contribution in [0.3, 0.4) is 0 Å². The fourth-order valence-electron chi connectivity index (χ4n) is 2.84. The summed E-state index contributed by atoms with van der Waals surface area (Å²) in [4.78, 5) is 9.53. The molecule has 1 aliphatic rings. The SMILES string of the molecule is Cc1ccc(-c2ccc(CN3CCN(C)CC3)nc2)cc1C. The summed E-state index contributed by atoms with van der Waals surface area (Å²) in [6, 6.07) is 11.0. The molecule has 0 bridgehead atoms. The molecule has 22 heavy (non-hydrogen) atoms. The van der Waals surface area contributed by atoms with Crippen LogP contribution in [0.5, 0.6) is 0 Å². The second-order valence-corrected chi connectivity index (χ2v) is 6.42. The Labute approximate surface area is 133 Å². The van der Waals surface area contributed by atoms with Crippen LogP contribution in [0.1, 0.15) is 16.8 Å². The predicted octanol–water partition coefficient (Wildman–Crippen LogP) is 3.11. The van der Waals surface area contributed by atoms with E-state index >= 15 is 0 Å². The molecule has 1 aromatic carbocycles. The van der Waals surface area contributed by atoms with E-state index in [0.717, 1.165) is 38.4 Å². The molecule has 3 nitrogen and oxygen atoms in total. The number of likely N-dealkylation sites (N-methyl/N-ethyl adjacent to an activating group) is 1. The Morgan fingerprint density at radius 2 is 1.64 bits per heavy atom. The van der Waals surface area contributed by atoms with Crippen molar-refractivity contribution in [3.05, 3.63) is 53.3 Å². The average Bonchev–Trinajstić information content (AvgIpc) is 2.53. The molecule has 1 aliphatic heterocycles. The van der Waals surface area contributed by atoms with Crippen LogP contribution < -0.4 is 0 Å². The van der Waals surface area contributed by atoms with Crippen molar-refractivity contribution in [2.24, 2.45) is 0 Å². The van der Waals surface area contributed by atoms with Gasteiger partial charge in [-0.15, -0.1) is 0 Å². The van der Waals surface area contributed by atoms with Crippen molar-refractivity contribution >= 4 is 0 Å².